The second kappa shape index (κ2) is 8.63. The van der Waals surface area contributed by atoms with Crippen molar-refractivity contribution in [2.75, 3.05) is 18.0 Å². The first kappa shape index (κ1) is 20.5. The molecule has 7 nitrogen and oxygen atoms in total. The third-order valence-corrected chi connectivity index (χ3v) is 6.52. The zero-order valence-electron chi connectivity index (χ0n) is 18.1. The lowest BCUT2D eigenvalue weighted by Crippen LogP contribution is -2.30. The Morgan fingerprint density at radius 1 is 1.00 bits per heavy atom. The van der Waals surface area contributed by atoms with E-state index in [2.05, 4.69) is 73.8 Å². The monoisotopic (exact) mass is 444 g/mol. The van der Waals surface area contributed by atoms with Gasteiger partial charge in [-0.05, 0) is 50.6 Å². The number of carbonyl (C=O) groups is 1. The highest BCUT2D eigenvalue weighted by atomic mass is 32.2. The molecule has 0 aliphatic carbocycles. The second-order valence-corrected chi connectivity index (χ2v) is 8.93. The Labute approximate surface area is 190 Å². The van der Waals surface area contributed by atoms with Crippen LogP contribution in [0.25, 0.3) is 5.78 Å². The van der Waals surface area contributed by atoms with Crippen LogP contribution in [0.2, 0.25) is 0 Å². The summed E-state index contributed by atoms with van der Waals surface area (Å²) in [7, 11) is 0. The van der Waals surface area contributed by atoms with Crippen LogP contribution in [0.3, 0.4) is 0 Å². The Hall–Kier alpha value is -3.39. The number of aryl methyl sites for hydroxylation is 2. The average molecular weight is 445 g/mol. The molecule has 3 heterocycles. The normalized spacial score (nSPS) is 12.5. The van der Waals surface area contributed by atoms with Gasteiger partial charge in [0, 0.05) is 34.3 Å². The van der Waals surface area contributed by atoms with Crippen molar-refractivity contribution >= 4 is 34.8 Å². The van der Waals surface area contributed by atoms with E-state index >= 15 is 0 Å². The smallest absolute Gasteiger partial charge is 0.252 e. The number of nitrogens with zero attached hydrogens (tertiary/aromatic N) is 5. The van der Waals surface area contributed by atoms with Crippen molar-refractivity contribution in [2.45, 2.75) is 36.5 Å². The predicted molar refractivity (Wildman–Crippen MR) is 126 cm³/mol. The van der Waals surface area contributed by atoms with Gasteiger partial charge in [-0.25, -0.2) is 9.50 Å². The molecule has 2 aromatic carbocycles. The minimum atomic E-state index is -0.0784. The number of hydrogen-bond donors (Lipinski definition) is 1. The fraction of sp³-hybridized carbons (Fsp3) is 0.250. The van der Waals surface area contributed by atoms with Gasteiger partial charge in [-0.3, -0.25) is 4.79 Å². The van der Waals surface area contributed by atoms with E-state index in [9.17, 15) is 4.79 Å². The van der Waals surface area contributed by atoms with Crippen molar-refractivity contribution in [1.29, 1.82) is 0 Å². The van der Waals surface area contributed by atoms with E-state index in [1.54, 1.807) is 16.3 Å². The Bertz CT molecular complexity index is 1260. The number of nitrogens with one attached hydrogen (secondary N) is 1. The molecule has 1 aliphatic rings. The van der Waals surface area contributed by atoms with Gasteiger partial charge < -0.3 is 10.2 Å². The van der Waals surface area contributed by atoms with Gasteiger partial charge >= 0.3 is 0 Å². The van der Waals surface area contributed by atoms with Gasteiger partial charge in [0.05, 0.1) is 17.8 Å². The van der Waals surface area contributed by atoms with E-state index in [0.29, 0.717) is 18.1 Å². The molecular formula is C24H24N6OS. The quantitative estimate of drug-likeness (QED) is 0.452. The summed E-state index contributed by atoms with van der Waals surface area (Å²) < 4.78 is 1.68. The molecule has 1 aliphatic heterocycles. The van der Waals surface area contributed by atoms with Crippen molar-refractivity contribution in [3.63, 3.8) is 0 Å². The minimum Gasteiger partial charge on any atom is -0.356 e. The van der Waals surface area contributed by atoms with Gasteiger partial charge in [0.1, 0.15) is 0 Å². The first-order valence-corrected chi connectivity index (χ1v) is 11.5. The fourth-order valence-corrected chi connectivity index (χ4v) is 5.07. The molecule has 4 aromatic rings. The highest BCUT2D eigenvalue weighted by Crippen LogP contribution is 2.47. The zero-order chi connectivity index (χ0) is 22.1. The number of benzene rings is 2. The summed E-state index contributed by atoms with van der Waals surface area (Å²) in [5, 5.41) is 7.43. The summed E-state index contributed by atoms with van der Waals surface area (Å²) in [4.78, 5) is 26.1. The van der Waals surface area contributed by atoms with Crippen LogP contribution in [0.5, 0.6) is 0 Å². The number of aromatic nitrogens is 4. The van der Waals surface area contributed by atoms with Gasteiger partial charge in [-0.1, -0.05) is 36.0 Å². The van der Waals surface area contributed by atoms with Crippen LogP contribution < -0.4 is 10.2 Å². The van der Waals surface area contributed by atoms with Crippen LogP contribution >= 0.6 is 11.8 Å². The maximum atomic E-state index is 12.5. The van der Waals surface area contributed by atoms with Crippen molar-refractivity contribution in [2.24, 2.45) is 0 Å². The molecule has 5 rings (SSSR count). The zero-order valence-corrected chi connectivity index (χ0v) is 18.9. The fourth-order valence-electron chi connectivity index (χ4n) is 3.98. The molecule has 1 N–H and O–H groups in total. The molecule has 8 heteroatoms. The Balaban J connectivity index is 1.20. The number of fused-ring (bicyclic) bond motifs is 3. The Kier molecular flexibility index (Phi) is 5.53. The highest BCUT2D eigenvalue weighted by Gasteiger charge is 2.22. The van der Waals surface area contributed by atoms with Gasteiger partial charge in [-0.2, -0.15) is 4.98 Å². The molecule has 0 atom stereocenters. The highest BCUT2D eigenvalue weighted by molar-refractivity contribution is 7.99. The molecule has 1 amide bonds. The van der Waals surface area contributed by atoms with Crippen LogP contribution in [0.4, 0.5) is 11.4 Å². The lowest BCUT2D eigenvalue weighted by molar-refractivity contribution is -0.120. The van der Waals surface area contributed by atoms with Gasteiger partial charge in [0.2, 0.25) is 5.91 Å². The third-order valence-electron chi connectivity index (χ3n) is 5.39. The van der Waals surface area contributed by atoms with E-state index in [4.69, 9.17) is 0 Å². The molecule has 0 bridgehead atoms. The molecule has 0 unspecified atom stereocenters. The maximum absolute atomic E-state index is 12.5. The molecule has 32 heavy (non-hydrogen) atoms. The molecule has 0 saturated heterocycles. The summed E-state index contributed by atoms with van der Waals surface area (Å²) in [5.74, 6) is 0.940. The summed E-state index contributed by atoms with van der Waals surface area (Å²) in [6.07, 6.45) is 0.978. The van der Waals surface area contributed by atoms with E-state index < -0.39 is 0 Å². The van der Waals surface area contributed by atoms with Crippen LogP contribution in [0, 0.1) is 13.8 Å². The molecule has 0 saturated carbocycles. The first-order chi connectivity index (χ1) is 15.6. The third kappa shape index (κ3) is 4.05. The van der Waals surface area contributed by atoms with E-state index in [-0.39, 0.29) is 12.3 Å². The summed E-state index contributed by atoms with van der Waals surface area (Å²) >= 11 is 1.80. The average Bonchev–Trinajstić information content (AvgIpc) is 3.18. The standard InChI is InChI=1S/C24H24N6OS/c1-16-14-17(2)30-24(26-16)27-22(28-30)15-23(31)25-12-7-13-29-18-8-3-5-10-20(18)32-21-11-6-4-9-19(21)29/h3-6,8-11,14H,7,12-13,15H2,1-2H3,(H,25,31). The van der Waals surface area contributed by atoms with Crippen LogP contribution in [0.1, 0.15) is 23.6 Å². The number of hydrogen-bond acceptors (Lipinski definition) is 6. The number of rotatable bonds is 6. The van der Waals surface area contributed by atoms with Crippen molar-refractivity contribution in [3.8, 4) is 0 Å². The molecule has 0 fully saturated rings. The lowest BCUT2D eigenvalue weighted by Gasteiger charge is -2.32. The number of carbonyl (C=O) groups excluding carboxylic acids is 1. The Morgan fingerprint density at radius 3 is 2.41 bits per heavy atom. The number of amides is 1. The van der Waals surface area contributed by atoms with Gasteiger partial charge in [0.15, 0.2) is 5.82 Å². The van der Waals surface area contributed by atoms with Crippen molar-refractivity contribution in [3.05, 3.63) is 71.8 Å². The van der Waals surface area contributed by atoms with Gasteiger partial charge in [-0.15, -0.1) is 5.10 Å². The van der Waals surface area contributed by atoms with E-state index in [0.717, 1.165) is 24.4 Å². The lowest BCUT2D eigenvalue weighted by atomic mass is 10.2. The largest absolute Gasteiger partial charge is 0.356 e. The van der Waals surface area contributed by atoms with Crippen LogP contribution in [0.15, 0.2) is 64.4 Å². The topological polar surface area (TPSA) is 75.4 Å². The summed E-state index contributed by atoms with van der Waals surface area (Å²) in [6.45, 7) is 5.29. The van der Waals surface area contributed by atoms with Crippen LogP contribution in [-0.2, 0) is 11.2 Å². The predicted octanol–water partition coefficient (Wildman–Crippen LogP) is 4.09. The van der Waals surface area contributed by atoms with Crippen molar-refractivity contribution < 1.29 is 4.79 Å². The molecular weight excluding hydrogens is 420 g/mol. The van der Waals surface area contributed by atoms with E-state index in [1.165, 1.54) is 21.2 Å². The summed E-state index contributed by atoms with van der Waals surface area (Å²) in [6, 6.07) is 18.9. The minimum absolute atomic E-state index is 0.0784. The van der Waals surface area contributed by atoms with E-state index in [1.807, 2.05) is 19.9 Å². The molecule has 162 valence electrons. The second-order valence-electron chi connectivity index (χ2n) is 7.85. The Morgan fingerprint density at radius 2 is 1.69 bits per heavy atom. The molecule has 0 radical (unpaired) electrons. The molecule has 0 spiro atoms. The SMILES string of the molecule is Cc1cc(C)n2nc(CC(=O)NCCCN3c4ccccc4Sc4ccccc43)nc2n1. The summed E-state index contributed by atoms with van der Waals surface area (Å²) in [5.41, 5.74) is 4.27. The number of para-hydroxylation sites is 2. The van der Waals surface area contributed by atoms with Gasteiger partial charge in [0.25, 0.3) is 5.78 Å². The number of anilines is 2. The van der Waals surface area contributed by atoms with Crippen molar-refractivity contribution in [1.82, 2.24) is 24.9 Å². The maximum Gasteiger partial charge on any atom is 0.252 e. The molecule has 2 aromatic heterocycles. The van der Waals surface area contributed by atoms with Crippen LogP contribution in [-0.4, -0.2) is 38.6 Å². The first-order valence-electron chi connectivity index (χ1n) is 10.7.